The van der Waals surface area contributed by atoms with Crippen molar-refractivity contribution < 1.29 is 4.74 Å². The van der Waals surface area contributed by atoms with Gasteiger partial charge in [-0.1, -0.05) is 13.3 Å². The standard InChI is InChI=1S/C10H22N2OS/c1-5-6-7-11-9(14)12-10(2,3)8-13-4/h5-8H2,1-4H3,(H2,11,12,14). The SMILES string of the molecule is CCCCNC(=S)NC(C)(C)COC. The molecule has 14 heavy (non-hydrogen) atoms. The minimum Gasteiger partial charge on any atom is -0.382 e. The molecule has 0 aromatic heterocycles. The molecule has 0 bridgehead atoms. The topological polar surface area (TPSA) is 33.3 Å². The summed E-state index contributed by atoms with van der Waals surface area (Å²) in [5, 5.41) is 7.08. The molecule has 0 unspecified atom stereocenters. The Morgan fingerprint density at radius 1 is 1.43 bits per heavy atom. The van der Waals surface area contributed by atoms with Gasteiger partial charge in [-0.2, -0.15) is 0 Å². The Hall–Kier alpha value is -0.350. The van der Waals surface area contributed by atoms with E-state index in [0.717, 1.165) is 13.0 Å². The maximum Gasteiger partial charge on any atom is 0.166 e. The lowest BCUT2D eigenvalue weighted by Crippen LogP contribution is -2.50. The zero-order valence-electron chi connectivity index (χ0n) is 9.64. The number of methoxy groups -OCH3 is 1. The van der Waals surface area contributed by atoms with E-state index in [1.54, 1.807) is 7.11 Å². The van der Waals surface area contributed by atoms with Crippen LogP contribution in [0.3, 0.4) is 0 Å². The number of thiocarbonyl (C=S) groups is 1. The molecule has 0 saturated heterocycles. The fourth-order valence-corrected chi connectivity index (χ4v) is 1.51. The average molecular weight is 218 g/mol. The van der Waals surface area contributed by atoms with E-state index < -0.39 is 0 Å². The minimum absolute atomic E-state index is 0.106. The van der Waals surface area contributed by atoms with Gasteiger partial charge in [0.2, 0.25) is 0 Å². The summed E-state index contributed by atoms with van der Waals surface area (Å²) in [5.74, 6) is 0. The molecule has 0 aromatic carbocycles. The van der Waals surface area contributed by atoms with Crippen LogP contribution in [0.4, 0.5) is 0 Å². The van der Waals surface area contributed by atoms with Crippen molar-refractivity contribution in [2.75, 3.05) is 20.3 Å². The fraction of sp³-hybridized carbons (Fsp3) is 0.900. The van der Waals surface area contributed by atoms with Crippen molar-refractivity contribution in [1.29, 1.82) is 0 Å². The first-order valence-corrected chi connectivity index (χ1v) is 5.47. The first kappa shape index (κ1) is 13.7. The van der Waals surface area contributed by atoms with Gasteiger partial charge in [0.05, 0.1) is 12.1 Å². The zero-order valence-corrected chi connectivity index (χ0v) is 10.5. The van der Waals surface area contributed by atoms with Gasteiger partial charge in [0.15, 0.2) is 5.11 Å². The lowest BCUT2D eigenvalue weighted by Gasteiger charge is -2.27. The summed E-state index contributed by atoms with van der Waals surface area (Å²) in [6.07, 6.45) is 2.32. The van der Waals surface area contributed by atoms with Crippen molar-refractivity contribution in [1.82, 2.24) is 10.6 Å². The van der Waals surface area contributed by atoms with Crippen LogP contribution in [-0.4, -0.2) is 30.9 Å². The van der Waals surface area contributed by atoms with Crippen LogP contribution in [0, 0.1) is 0 Å². The number of hydrogen-bond donors (Lipinski definition) is 2. The number of hydrogen-bond acceptors (Lipinski definition) is 2. The average Bonchev–Trinajstić information content (AvgIpc) is 2.03. The summed E-state index contributed by atoms with van der Waals surface area (Å²) in [6.45, 7) is 7.86. The van der Waals surface area contributed by atoms with Crippen LogP contribution in [0.2, 0.25) is 0 Å². The first-order chi connectivity index (χ1) is 6.52. The fourth-order valence-electron chi connectivity index (χ4n) is 1.13. The lowest BCUT2D eigenvalue weighted by atomic mass is 10.1. The Morgan fingerprint density at radius 2 is 2.07 bits per heavy atom. The normalized spacial score (nSPS) is 11.1. The molecule has 0 spiro atoms. The molecule has 0 amide bonds. The van der Waals surface area contributed by atoms with E-state index >= 15 is 0 Å². The van der Waals surface area contributed by atoms with E-state index in [1.807, 2.05) is 0 Å². The van der Waals surface area contributed by atoms with Crippen molar-refractivity contribution >= 4 is 17.3 Å². The van der Waals surface area contributed by atoms with Gasteiger partial charge >= 0.3 is 0 Å². The molecule has 0 saturated carbocycles. The smallest absolute Gasteiger partial charge is 0.166 e. The van der Waals surface area contributed by atoms with Crippen molar-refractivity contribution in [2.45, 2.75) is 39.2 Å². The highest BCUT2D eigenvalue weighted by atomic mass is 32.1. The summed E-state index contributed by atoms with van der Waals surface area (Å²) in [4.78, 5) is 0. The van der Waals surface area contributed by atoms with Crippen LogP contribution >= 0.6 is 12.2 Å². The highest BCUT2D eigenvalue weighted by Gasteiger charge is 2.17. The third kappa shape index (κ3) is 7.09. The third-order valence-corrected chi connectivity index (χ3v) is 2.02. The summed E-state index contributed by atoms with van der Waals surface area (Å²) in [7, 11) is 1.69. The van der Waals surface area contributed by atoms with E-state index in [-0.39, 0.29) is 5.54 Å². The van der Waals surface area contributed by atoms with Gasteiger partial charge in [0.25, 0.3) is 0 Å². The Kier molecular flexibility index (Phi) is 6.83. The molecule has 0 aromatic rings. The predicted molar refractivity (Wildman–Crippen MR) is 64.6 cm³/mol. The van der Waals surface area contributed by atoms with E-state index in [2.05, 4.69) is 31.4 Å². The number of rotatable bonds is 6. The molecule has 0 aliphatic rings. The second-order valence-electron chi connectivity index (χ2n) is 4.05. The predicted octanol–water partition coefficient (Wildman–Crippen LogP) is 1.68. The van der Waals surface area contributed by atoms with Crippen molar-refractivity contribution in [3.05, 3.63) is 0 Å². The van der Waals surface area contributed by atoms with Gasteiger partial charge in [0.1, 0.15) is 0 Å². The van der Waals surface area contributed by atoms with Crippen molar-refractivity contribution in [3.63, 3.8) is 0 Å². The molecule has 0 aliphatic heterocycles. The highest BCUT2D eigenvalue weighted by molar-refractivity contribution is 7.80. The Balaban J connectivity index is 3.69. The number of nitrogens with one attached hydrogen (secondary N) is 2. The molecular weight excluding hydrogens is 196 g/mol. The second-order valence-corrected chi connectivity index (χ2v) is 4.46. The lowest BCUT2D eigenvalue weighted by molar-refractivity contribution is 0.139. The van der Waals surface area contributed by atoms with E-state index in [1.165, 1.54) is 6.42 Å². The van der Waals surface area contributed by atoms with Gasteiger partial charge in [0, 0.05) is 13.7 Å². The molecule has 0 atom stereocenters. The Bertz CT molecular complexity index is 172. The molecule has 0 heterocycles. The van der Waals surface area contributed by atoms with Crippen molar-refractivity contribution in [3.8, 4) is 0 Å². The van der Waals surface area contributed by atoms with Crippen LogP contribution in [0.15, 0.2) is 0 Å². The largest absolute Gasteiger partial charge is 0.382 e. The molecule has 4 heteroatoms. The third-order valence-electron chi connectivity index (χ3n) is 1.77. The van der Waals surface area contributed by atoms with Gasteiger partial charge in [-0.05, 0) is 32.5 Å². The Morgan fingerprint density at radius 3 is 2.57 bits per heavy atom. The maximum absolute atomic E-state index is 5.15. The maximum atomic E-state index is 5.15. The molecule has 0 radical (unpaired) electrons. The van der Waals surface area contributed by atoms with Crippen LogP contribution < -0.4 is 10.6 Å². The molecule has 3 nitrogen and oxygen atoms in total. The number of unbranched alkanes of at least 4 members (excludes halogenated alkanes) is 1. The monoisotopic (exact) mass is 218 g/mol. The second kappa shape index (κ2) is 7.01. The minimum atomic E-state index is -0.106. The van der Waals surface area contributed by atoms with E-state index in [9.17, 15) is 0 Å². The molecule has 0 rings (SSSR count). The summed E-state index contributed by atoms with van der Waals surface area (Å²) < 4.78 is 5.08. The van der Waals surface area contributed by atoms with Crippen molar-refractivity contribution in [2.24, 2.45) is 0 Å². The molecular formula is C10H22N2OS. The van der Waals surface area contributed by atoms with Crippen LogP contribution in [-0.2, 0) is 4.74 Å². The van der Waals surface area contributed by atoms with E-state index in [0.29, 0.717) is 11.7 Å². The summed E-state index contributed by atoms with van der Waals surface area (Å²) in [5.41, 5.74) is -0.106. The molecule has 2 N–H and O–H groups in total. The Labute approximate surface area is 92.6 Å². The quantitative estimate of drug-likeness (QED) is 0.525. The van der Waals surface area contributed by atoms with Gasteiger partial charge < -0.3 is 15.4 Å². The first-order valence-electron chi connectivity index (χ1n) is 5.07. The highest BCUT2D eigenvalue weighted by Crippen LogP contribution is 2.01. The molecule has 0 aliphatic carbocycles. The zero-order chi connectivity index (χ0) is 11.0. The van der Waals surface area contributed by atoms with Gasteiger partial charge in [-0.15, -0.1) is 0 Å². The van der Waals surface area contributed by atoms with Crippen LogP contribution in [0.5, 0.6) is 0 Å². The van der Waals surface area contributed by atoms with Gasteiger partial charge in [-0.3, -0.25) is 0 Å². The number of ether oxygens (including phenoxy) is 1. The summed E-state index contributed by atoms with van der Waals surface area (Å²) in [6, 6.07) is 0. The van der Waals surface area contributed by atoms with Crippen LogP contribution in [0.25, 0.3) is 0 Å². The molecule has 0 fully saturated rings. The molecule has 84 valence electrons. The van der Waals surface area contributed by atoms with Gasteiger partial charge in [-0.25, -0.2) is 0 Å². The summed E-state index contributed by atoms with van der Waals surface area (Å²) >= 11 is 5.15. The van der Waals surface area contributed by atoms with E-state index in [4.69, 9.17) is 17.0 Å². The van der Waals surface area contributed by atoms with Crippen LogP contribution in [0.1, 0.15) is 33.6 Å².